The summed E-state index contributed by atoms with van der Waals surface area (Å²) < 4.78 is 0. The Morgan fingerprint density at radius 3 is 2.29 bits per heavy atom. The number of aliphatic imine (C=N–C) groups is 1. The average molecular weight is 506 g/mol. The molecule has 0 N–H and O–H groups in total. The fourth-order valence-corrected chi connectivity index (χ4v) is 6.56. The first-order valence-corrected chi connectivity index (χ1v) is 13.3. The molecule has 0 aromatic heterocycles. The number of hydrogen-bond acceptors (Lipinski definition) is 5. The van der Waals surface area contributed by atoms with E-state index in [1.54, 1.807) is 11.8 Å². The van der Waals surface area contributed by atoms with Gasteiger partial charge < -0.3 is 4.90 Å². The van der Waals surface area contributed by atoms with Crippen molar-refractivity contribution in [3.8, 4) is 0 Å². The van der Waals surface area contributed by atoms with Crippen LogP contribution in [-0.4, -0.2) is 29.1 Å². The molecule has 2 aliphatic rings. The van der Waals surface area contributed by atoms with Gasteiger partial charge in [0.2, 0.25) is 0 Å². The van der Waals surface area contributed by atoms with Crippen LogP contribution in [-0.2, 0) is 17.8 Å². The molecule has 0 atom stereocenters. The molecule has 0 saturated carbocycles. The Morgan fingerprint density at radius 1 is 0.882 bits per heavy atom. The van der Waals surface area contributed by atoms with Crippen molar-refractivity contribution in [2.75, 3.05) is 18.0 Å². The van der Waals surface area contributed by atoms with Crippen LogP contribution in [0.3, 0.4) is 0 Å². The summed E-state index contributed by atoms with van der Waals surface area (Å²) in [5.74, 6) is 0.0209. The maximum absolute atomic E-state index is 13.7. The van der Waals surface area contributed by atoms with E-state index in [1.807, 2.05) is 59.5 Å². The van der Waals surface area contributed by atoms with Gasteiger partial charge in [-0.25, -0.2) is 0 Å². The predicted molar refractivity (Wildman–Crippen MR) is 144 cm³/mol. The highest BCUT2D eigenvalue weighted by molar-refractivity contribution is 8.19. The van der Waals surface area contributed by atoms with E-state index in [1.165, 1.54) is 17.3 Å². The maximum atomic E-state index is 13.7. The van der Waals surface area contributed by atoms with Gasteiger partial charge in [0.25, 0.3) is 5.91 Å². The van der Waals surface area contributed by atoms with Crippen molar-refractivity contribution in [1.29, 1.82) is 0 Å². The van der Waals surface area contributed by atoms with Crippen molar-refractivity contribution in [2.24, 2.45) is 4.99 Å². The quantitative estimate of drug-likeness (QED) is 0.344. The molecule has 7 heteroatoms. The molecule has 0 radical (unpaired) electrons. The lowest BCUT2D eigenvalue weighted by molar-refractivity contribution is -0.122. The topological polar surface area (TPSA) is 35.9 Å². The van der Waals surface area contributed by atoms with E-state index in [2.05, 4.69) is 36.1 Å². The second kappa shape index (κ2) is 10.3. The second-order valence-corrected chi connectivity index (χ2v) is 10.4. The Bertz CT molecular complexity index is 1260. The number of fused-ring (bicyclic) bond motifs is 1. The van der Waals surface area contributed by atoms with Gasteiger partial charge in [0.05, 0.1) is 12.2 Å². The third-order valence-electron chi connectivity index (χ3n) is 5.74. The number of anilines is 1. The zero-order chi connectivity index (χ0) is 23.5. The number of rotatable bonds is 6. The number of hydrogen-bond donors (Lipinski definition) is 0. The van der Waals surface area contributed by atoms with E-state index >= 15 is 0 Å². The fraction of sp³-hybridized carbons (Fsp3) is 0.185. The Morgan fingerprint density at radius 2 is 1.59 bits per heavy atom. The van der Waals surface area contributed by atoms with Crippen LogP contribution in [0.4, 0.5) is 5.69 Å². The van der Waals surface area contributed by atoms with Crippen LogP contribution in [0.2, 0.25) is 5.02 Å². The van der Waals surface area contributed by atoms with E-state index in [4.69, 9.17) is 16.6 Å². The van der Waals surface area contributed by atoms with Crippen molar-refractivity contribution in [3.05, 3.63) is 105 Å². The van der Waals surface area contributed by atoms with Gasteiger partial charge >= 0.3 is 0 Å². The van der Waals surface area contributed by atoms with Gasteiger partial charge in [-0.1, -0.05) is 84.0 Å². The van der Waals surface area contributed by atoms with Gasteiger partial charge in [-0.05, 0) is 54.4 Å². The van der Waals surface area contributed by atoms with Crippen LogP contribution < -0.4 is 4.90 Å². The lowest BCUT2D eigenvalue weighted by atomic mass is 10.1. The smallest absolute Gasteiger partial charge is 0.269 e. The van der Waals surface area contributed by atoms with Crippen LogP contribution in [0.5, 0.6) is 0 Å². The highest BCUT2D eigenvalue weighted by Crippen LogP contribution is 2.51. The van der Waals surface area contributed by atoms with E-state index in [9.17, 15) is 4.79 Å². The third-order valence-corrected chi connectivity index (χ3v) is 8.40. The van der Waals surface area contributed by atoms with E-state index in [0.717, 1.165) is 44.2 Å². The Labute approximate surface area is 213 Å². The molecule has 1 saturated heterocycles. The third kappa shape index (κ3) is 4.76. The van der Waals surface area contributed by atoms with E-state index < -0.39 is 0 Å². The molecule has 1 amide bonds. The van der Waals surface area contributed by atoms with Crippen molar-refractivity contribution in [1.82, 2.24) is 4.90 Å². The number of carbonyl (C=O) groups excluding carboxylic acids is 1. The van der Waals surface area contributed by atoms with Crippen LogP contribution in [0.15, 0.2) is 98.7 Å². The number of carbonyl (C=O) groups is 1. The highest BCUT2D eigenvalue weighted by Gasteiger charge is 2.39. The average Bonchev–Trinajstić information content (AvgIpc) is 3.38. The predicted octanol–water partition coefficient (Wildman–Crippen LogP) is 6.82. The SMILES string of the molecule is CCN1/C(=C2/SC(=NCc3ccccc3)N(CCc3ccccc3)C2=O)Sc2ccc(Cl)cc21. The molecule has 172 valence electrons. The molecule has 3 aromatic rings. The molecule has 5 rings (SSSR count). The normalized spacial score (nSPS) is 18.8. The summed E-state index contributed by atoms with van der Waals surface area (Å²) >= 11 is 9.39. The Hall–Kier alpha value is -2.67. The Balaban J connectivity index is 1.47. The number of amidine groups is 1. The molecule has 4 nitrogen and oxygen atoms in total. The van der Waals surface area contributed by atoms with Gasteiger partial charge in [0, 0.05) is 23.0 Å². The minimum absolute atomic E-state index is 0.0209. The van der Waals surface area contributed by atoms with E-state index in [-0.39, 0.29) is 5.91 Å². The molecule has 2 aliphatic heterocycles. The fourth-order valence-electron chi connectivity index (χ4n) is 4.02. The molecule has 0 aliphatic carbocycles. The molecule has 34 heavy (non-hydrogen) atoms. The summed E-state index contributed by atoms with van der Waals surface area (Å²) in [6.45, 7) is 3.99. The first-order valence-electron chi connectivity index (χ1n) is 11.2. The summed E-state index contributed by atoms with van der Waals surface area (Å²) in [7, 11) is 0. The van der Waals surface area contributed by atoms with Gasteiger partial charge in [-0.15, -0.1) is 0 Å². The molecular formula is C27H24ClN3OS2. The second-order valence-electron chi connectivity index (χ2n) is 7.97. The van der Waals surface area contributed by atoms with Crippen molar-refractivity contribution >= 4 is 51.9 Å². The molecule has 2 heterocycles. The Kier molecular flexibility index (Phi) is 6.99. The molecular weight excluding hydrogens is 482 g/mol. The van der Waals surface area contributed by atoms with Crippen LogP contribution >= 0.6 is 35.1 Å². The number of nitrogens with zero attached hydrogens (tertiary/aromatic N) is 3. The molecule has 0 bridgehead atoms. The number of amides is 1. The first-order chi connectivity index (χ1) is 16.6. The summed E-state index contributed by atoms with van der Waals surface area (Å²) in [4.78, 5) is 24.5. The van der Waals surface area contributed by atoms with Crippen LogP contribution in [0.25, 0.3) is 0 Å². The van der Waals surface area contributed by atoms with E-state index in [0.29, 0.717) is 18.1 Å². The maximum Gasteiger partial charge on any atom is 0.269 e. The lowest BCUT2D eigenvalue weighted by Crippen LogP contribution is -2.32. The molecule has 0 unspecified atom stereocenters. The zero-order valence-corrected chi connectivity index (χ0v) is 21.2. The molecule has 1 fully saturated rings. The standard InChI is InChI=1S/C27H24ClN3OS2/c1-2-30-22-17-21(28)13-14-23(22)33-26(30)24-25(32)31(16-15-19-9-5-3-6-10-19)27(34-24)29-18-20-11-7-4-8-12-20/h3-14,17H,2,15-16,18H2,1H3/b26-24-,29-27?. The minimum Gasteiger partial charge on any atom is -0.334 e. The number of thioether (sulfide) groups is 2. The van der Waals surface area contributed by atoms with Gasteiger partial charge in [0.15, 0.2) is 5.17 Å². The van der Waals surface area contributed by atoms with Gasteiger partial charge in [-0.3, -0.25) is 14.7 Å². The molecule has 0 spiro atoms. The monoisotopic (exact) mass is 505 g/mol. The minimum atomic E-state index is 0.0209. The van der Waals surface area contributed by atoms with Gasteiger partial charge in [0.1, 0.15) is 9.93 Å². The van der Waals surface area contributed by atoms with Crippen LogP contribution in [0, 0.1) is 0 Å². The van der Waals surface area contributed by atoms with Crippen molar-refractivity contribution in [2.45, 2.75) is 24.8 Å². The summed E-state index contributed by atoms with van der Waals surface area (Å²) in [6, 6.07) is 26.3. The van der Waals surface area contributed by atoms with Crippen molar-refractivity contribution < 1.29 is 4.79 Å². The number of halogens is 1. The first kappa shape index (κ1) is 23.1. The van der Waals surface area contributed by atoms with Gasteiger partial charge in [-0.2, -0.15) is 0 Å². The highest BCUT2D eigenvalue weighted by atomic mass is 35.5. The largest absolute Gasteiger partial charge is 0.334 e. The number of benzene rings is 3. The summed E-state index contributed by atoms with van der Waals surface area (Å²) in [5.41, 5.74) is 3.39. The summed E-state index contributed by atoms with van der Waals surface area (Å²) in [5, 5.41) is 2.42. The summed E-state index contributed by atoms with van der Waals surface area (Å²) in [6.07, 6.45) is 0.778. The van der Waals surface area contributed by atoms with Crippen LogP contribution in [0.1, 0.15) is 18.1 Å². The molecule has 3 aromatic carbocycles. The van der Waals surface area contributed by atoms with Crippen molar-refractivity contribution in [3.63, 3.8) is 0 Å². The zero-order valence-electron chi connectivity index (χ0n) is 18.8. The lowest BCUT2D eigenvalue weighted by Gasteiger charge is -2.19.